The molecule has 0 aliphatic carbocycles. The number of hydrogen-bond acceptors (Lipinski definition) is 6. The van der Waals surface area contributed by atoms with Gasteiger partial charge in [-0.05, 0) is 24.3 Å². The van der Waals surface area contributed by atoms with Crippen LogP contribution in [0.3, 0.4) is 0 Å². The van der Waals surface area contributed by atoms with E-state index in [1.54, 1.807) is 23.1 Å². The molecule has 0 saturated carbocycles. The van der Waals surface area contributed by atoms with Crippen LogP contribution in [0.4, 0.5) is 9.52 Å². The third kappa shape index (κ3) is 5.46. The van der Waals surface area contributed by atoms with Crippen molar-refractivity contribution in [2.75, 3.05) is 50.9 Å². The molecule has 1 aliphatic rings. The van der Waals surface area contributed by atoms with E-state index in [9.17, 15) is 9.18 Å². The fourth-order valence-corrected chi connectivity index (χ4v) is 4.17. The molecule has 1 fully saturated rings. The van der Waals surface area contributed by atoms with Gasteiger partial charge in [0.15, 0.2) is 11.7 Å². The number of hydrogen-bond donors (Lipinski definition) is 0. The average molecular weight is 452 g/mol. The van der Waals surface area contributed by atoms with Crippen LogP contribution in [0.1, 0.15) is 0 Å². The Bertz CT molecular complexity index is 967. The number of carbonyl (C=O) groups is 1. The molecule has 0 unspecified atom stereocenters. The quantitative estimate of drug-likeness (QED) is 0.549. The molecular weight excluding hydrogens is 429 g/mol. The van der Waals surface area contributed by atoms with Crippen LogP contribution in [0.25, 0.3) is 10.2 Å². The number of anilines is 1. The summed E-state index contributed by atoms with van der Waals surface area (Å²) in [6, 6.07) is 14.0. The van der Waals surface area contributed by atoms with Crippen molar-refractivity contribution < 1.29 is 18.7 Å². The Hall–Kier alpha value is -2.26. The number of morpholine rings is 1. The number of amides is 1. The molecule has 0 N–H and O–H groups in total. The first kappa shape index (κ1) is 22.4. The van der Waals surface area contributed by atoms with E-state index in [2.05, 4.69) is 9.88 Å². The van der Waals surface area contributed by atoms with Gasteiger partial charge in [0.05, 0.1) is 17.9 Å². The molecule has 1 aliphatic heterocycles. The lowest BCUT2D eigenvalue weighted by Gasteiger charge is -2.29. The normalized spacial score (nSPS) is 14.3. The van der Waals surface area contributed by atoms with Gasteiger partial charge >= 0.3 is 0 Å². The molecule has 2 heterocycles. The molecule has 30 heavy (non-hydrogen) atoms. The lowest BCUT2D eigenvalue weighted by atomic mass is 10.3. The number of nitrogens with zero attached hydrogens (tertiary/aromatic N) is 3. The summed E-state index contributed by atoms with van der Waals surface area (Å²) in [4.78, 5) is 21.2. The van der Waals surface area contributed by atoms with Crippen molar-refractivity contribution in [1.29, 1.82) is 0 Å². The number of benzene rings is 2. The molecule has 0 spiro atoms. The number of para-hydroxylation sites is 2. The molecular formula is C21H23ClFN3O3S. The zero-order valence-electron chi connectivity index (χ0n) is 16.3. The highest BCUT2D eigenvalue weighted by molar-refractivity contribution is 7.22. The molecule has 1 saturated heterocycles. The van der Waals surface area contributed by atoms with Crippen LogP contribution in [0.2, 0.25) is 0 Å². The summed E-state index contributed by atoms with van der Waals surface area (Å²) >= 11 is 1.31. The van der Waals surface area contributed by atoms with Crippen molar-refractivity contribution in [3.63, 3.8) is 0 Å². The maximum atomic E-state index is 14.1. The van der Waals surface area contributed by atoms with E-state index in [1.165, 1.54) is 17.4 Å². The van der Waals surface area contributed by atoms with Crippen molar-refractivity contribution >= 4 is 45.0 Å². The van der Waals surface area contributed by atoms with Crippen molar-refractivity contribution in [1.82, 2.24) is 9.88 Å². The van der Waals surface area contributed by atoms with Crippen LogP contribution in [0, 0.1) is 5.82 Å². The molecule has 9 heteroatoms. The molecule has 0 radical (unpaired) electrons. The second-order valence-corrected chi connectivity index (χ2v) is 7.69. The van der Waals surface area contributed by atoms with Gasteiger partial charge < -0.3 is 9.47 Å². The van der Waals surface area contributed by atoms with Gasteiger partial charge in [-0.1, -0.05) is 35.6 Å². The number of halogens is 2. The Morgan fingerprint density at radius 2 is 1.93 bits per heavy atom. The highest BCUT2D eigenvalue weighted by atomic mass is 35.5. The van der Waals surface area contributed by atoms with E-state index >= 15 is 0 Å². The first-order chi connectivity index (χ1) is 14.2. The van der Waals surface area contributed by atoms with Gasteiger partial charge in [0.2, 0.25) is 0 Å². The van der Waals surface area contributed by atoms with Gasteiger partial charge in [0, 0.05) is 26.2 Å². The lowest BCUT2D eigenvalue weighted by Crippen LogP contribution is -2.44. The van der Waals surface area contributed by atoms with Crippen LogP contribution in [0.5, 0.6) is 5.75 Å². The smallest absolute Gasteiger partial charge is 0.266 e. The van der Waals surface area contributed by atoms with Crippen molar-refractivity contribution in [3.8, 4) is 5.75 Å². The van der Waals surface area contributed by atoms with E-state index in [4.69, 9.17) is 9.47 Å². The van der Waals surface area contributed by atoms with Gasteiger partial charge in [-0.2, -0.15) is 0 Å². The van der Waals surface area contributed by atoms with E-state index < -0.39 is 0 Å². The van der Waals surface area contributed by atoms with E-state index in [0.29, 0.717) is 47.4 Å². The number of aromatic nitrogens is 1. The van der Waals surface area contributed by atoms with Crippen LogP contribution < -0.4 is 9.64 Å². The van der Waals surface area contributed by atoms with Crippen LogP contribution in [-0.4, -0.2) is 61.8 Å². The predicted octanol–water partition coefficient (Wildman–Crippen LogP) is 3.60. The minimum atomic E-state index is -0.383. The fourth-order valence-electron chi connectivity index (χ4n) is 3.15. The number of fused-ring (bicyclic) bond motifs is 1. The molecule has 160 valence electrons. The Balaban J connectivity index is 0.00000256. The molecule has 6 nitrogen and oxygen atoms in total. The van der Waals surface area contributed by atoms with Crippen molar-refractivity contribution in [2.24, 2.45) is 0 Å². The monoisotopic (exact) mass is 451 g/mol. The van der Waals surface area contributed by atoms with Gasteiger partial charge in [-0.25, -0.2) is 9.37 Å². The predicted molar refractivity (Wildman–Crippen MR) is 118 cm³/mol. The van der Waals surface area contributed by atoms with Gasteiger partial charge in [-0.15, -0.1) is 12.4 Å². The molecule has 1 amide bonds. The maximum absolute atomic E-state index is 14.1. The average Bonchev–Trinajstić information content (AvgIpc) is 3.19. The SMILES string of the molecule is Cl.O=C(COc1ccccc1)N(CCN1CCOCC1)c1nc2c(F)cccc2s1. The summed E-state index contributed by atoms with van der Waals surface area (Å²) < 4.78 is 25.8. The van der Waals surface area contributed by atoms with Crippen molar-refractivity contribution in [3.05, 3.63) is 54.3 Å². The maximum Gasteiger partial charge on any atom is 0.266 e. The van der Waals surface area contributed by atoms with Crippen molar-refractivity contribution in [2.45, 2.75) is 0 Å². The summed E-state index contributed by atoms with van der Waals surface area (Å²) in [7, 11) is 0. The van der Waals surface area contributed by atoms with Gasteiger partial charge in [0.25, 0.3) is 5.91 Å². The summed E-state index contributed by atoms with van der Waals surface area (Å²) in [5, 5.41) is 0.486. The van der Waals surface area contributed by atoms with E-state index in [0.717, 1.165) is 13.1 Å². The summed E-state index contributed by atoms with van der Waals surface area (Å²) in [5.74, 6) is 0.0389. The Morgan fingerprint density at radius 3 is 2.67 bits per heavy atom. The summed E-state index contributed by atoms with van der Waals surface area (Å²) in [5.41, 5.74) is 0.292. The first-order valence-electron chi connectivity index (χ1n) is 9.54. The first-order valence-corrected chi connectivity index (χ1v) is 10.4. The van der Waals surface area contributed by atoms with E-state index in [-0.39, 0.29) is 30.7 Å². The minimum Gasteiger partial charge on any atom is -0.484 e. The van der Waals surface area contributed by atoms with Crippen LogP contribution >= 0.6 is 23.7 Å². The Morgan fingerprint density at radius 1 is 1.17 bits per heavy atom. The molecule has 4 rings (SSSR count). The van der Waals surface area contributed by atoms with Crippen LogP contribution in [-0.2, 0) is 9.53 Å². The molecule has 1 aromatic heterocycles. The zero-order chi connectivity index (χ0) is 20.1. The highest BCUT2D eigenvalue weighted by Gasteiger charge is 2.22. The van der Waals surface area contributed by atoms with Crippen LogP contribution in [0.15, 0.2) is 48.5 Å². The summed E-state index contributed by atoms with van der Waals surface area (Å²) in [6.07, 6.45) is 0. The lowest BCUT2D eigenvalue weighted by molar-refractivity contribution is -0.120. The number of ether oxygens (including phenoxy) is 2. The topological polar surface area (TPSA) is 54.9 Å². The molecule has 2 aromatic carbocycles. The third-order valence-electron chi connectivity index (χ3n) is 4.74. The largest absolute Gasteiger partial charge is 0.484 e. The Labute approximate surface area is 184 Å². The van der Waals surface area contributed by atoms with E-state index in [1.807, 2.05) is 24.3 Å². The highest BCUT2D eigenvalue weighted by Crippen LogP contribution is 2.30. The second-order valence-electron chi connectivity index (χ2n) is 6.68. The minimum absolute atomic E-state index is 0. The number of carbonyl (C=O) groups excluding carboxylic acids is 1. The standard InChI is InChI=1S/C21H22FN3O3S.ClH/c22-17-7-4-8-18-20(17)23-21(29-18)25(10-9-24-11-13-27-14-12-24)19(26)15-28-16-5-2-1-3-6-16;/h1-8H,9-15H2;1H. The molecule has 3 aromatic rings. The summed E-state index contributed by atoms with van der Waals surface area (Å²) in [6.45, 7) is 4.09. The fraction of sp³-hybridized carbons (Fsp3) is 0.333. The molecule has 0 bridgehead atoms. The van der Waals surface area contributed by atoms with Gasteiger partial charge in [0.1, 0.15) is 17.1 Å². The number of rotatable bonds is 7. The zero-order valence-corrected chi connectivity index (χ0v) is 18.0. The number of thiazole rings is 1. The van der Waals surface area contributed by atoms with Gasteiger partial charge in [-0.3, -0.25) is 14.6 Å². The molecule has 0 atom stereocenters. The Kier molecular flexibility index (Phi) is 7.98. The second kappa shape index (κ2) is 10.7. The third-order valence-corrected chi connectivity index (χ3v) is 5.78.